The second-order valence-electron chi connectivity index (χ2n) is 5.63. The van der Waals surface area contributed by atoms with E-state index >= 15 is 0 Å². The first-order valence-electron chi connectivity index (χ1n) is 7.29. The molecule has 110 valence electrons. The fourth-order valence-electron chi connectivity index (χ4n) is 2.81. The first kappa shape index (κ1) is 13.7. The van der Waals surface area contributed by atoms with Crippen molar-refractivity contribution in [2.24, 2.45) is 0 Å². The lowest BCUT2D eigenvalue weighted by atomic mass is 10.1. The zero-order chi connectivity index (χ0) is 14.8. The summed E-state index contributed by atoms with van der Waals surface area (Å²) >= 11 is 0. The number of rotatable bonds is 2. The zero-order valence-electron chi connectivity index (χ0n) is 12.5. The third-order valence-corrected chi connectivity index (χ3v) is 3.99. The summed E-state index contributed by atoms with van der Waals surface area (Å²) in [6.07, 6.45) is 1.53. The van der Waals surface area contributed by atoms with Crippen molar-refractivity contribution in [1.29, 1.82) is 0 Å². The van der Waals surface area contributed by atoms with Gasteiger partial charge in [0.25, 0.3) is 0 Å². The summed E-state index contributed by atoms with van der Waals surface area (Å²) in [6, 6.07) is 10.9. The molecule has 21 heavy (non-hydrogen) atoms. The zero-order valence-corrected chi connectivity index (χ0v) is 12.5. The standard InChI is InChI=1S/C16H21N5/c1-12-3-5-14(6-4-12)20-7-8-21(13(2)10-20)16-9-15(17)18-11-19-16/h3-6,9,11,13H,7-8,10H2,1-2H3,(H2,17,18,19). The van der Waals surface area contributed by atoms with Gasteiger partial charge in [0.05, 0.1) is 0 Å². The van der Waals surface area contributed by atoms with Crippen LogP contribution in [0, 0.1) is 6.92 Å². The maximum absolute atomic E-state index is 5.76. The molecule has 3 rings (SSSR count). The molecule has 1 unspecified atom stereocenters. The van der Waals surface area contributed by atoms with Gasteiger partial charge in [-0.1, -0.05) is 17.7 Å². The third kappa shape index (κ3) is 2.91. The predicted octanol–water partition coefficient (Wildman–Crippen LogP) is 2.08. The van der Waals surface area contributed by atoms with Crippen LogP contribution in [-0.4, -0.2) is 35.6 Å². The summed E-state index contributed by atoms with van der Waals surface area (Å²) in [5, 5.41) is 0. The highest BCUT2D eigenvalue weighted by Crippen LogP contribution is 2.23. The van der Waals surface area contributed by atoms with Crippen LogP contribution >= 0.6 is 0 Å². The van der Waals surface area contributed by atoms with Crippen LogP contribution in [-0.2, 0) is 0 Å². The van der Waals surface area contributed by atoms with Gasteiger partial charge in [-0.05, 0) is 26.0 Å². The van der Waals surface area contributed by atoms with Crippen molar-refractivity contribution >= 4 is 17.3 Å². The van der Waals surface area contributed by atoms with E-state index in [1.807, 2.05) is 6.07 Å². The van der Waals surface area contributed by atoms with E-state index in [2.05, 4.69) is 57.9 Å². The molecule has 1 aromatic heterocycles. The molecule has 2 heterocycles. The quantitative estimate of drug-likeness (QED) is 0.914. The molecule has 2 aromatic rings. The predicted molar refractivity (Wildman–Crippen MR) is 86.6 cm³/mol. The van der Waals surface area contributed by atoms with E-state index in [1.165, 1.54) is 17.6 Å². The van der Waals surface area contributed by atoms with Crippen molar-refractivity contribution in [2.75, 3.05) is 35.2 Å². The van der Waals surface area contributed by atoms with E-state index in [1.54, 1.807) is 0 Å². The molecule has 1 aliphatic heterocycles. The van der Waals surface area contributed by atoms with E-state index in [-0.39, 0.29) is 0 Å². The van der Waals surface area contributed by atoms with Crippen LogP contribution in [0.15, 0.2) is 36.7 Å². The molecule has 1 aromatic carbocycles. The van der Waals surface area contributed by atoms with E-state index in [0.717, 1.165) is 25.5 Å². The number of nitrogens with two attached hydrogens (primary N) is 1. The van der Waals surface area contributed by atoms with Crippen LogP contribution in [0.4, 0.5) is 17.3 Å². The molecule has 5 nitrogen and oxygen atoms in total. The highest BCUT2D eigenvalue weighted by Gasteiger charge is 2.24. The molecule has 1 aliphatic rings. The topological polar surface area (TPSA) is 58.3 Å². The van der Waals surface area contributed by atoms with Crippen LogP contribution < -0.4 is 15.5 Å². The Kier molecular flexibility index (Phi) is 3.64. The molecular weight excluding hydrogens is 262 g/mol. The lowest BCUT2D eigenvalue weighted by Crippen LogP contribution is -2.52. The first-order chi connectivity index (χ1) is 10.1. The molecule has 1 fully saturated rings. The Bertz CT molecular complexity index is 610. The summed E-state index contributed by atoms with van der Waals surface area (Å²) in [5.74, 6) is 1.44. The molecular formula is C16H21N5. The maximum Gasteiger partial charge on any atom is 0.134 e. The molecule has 0 aliphatic carbocycles. The van der Waals surface area contributed by atoms with Crippen LogP contribution in [0.5, 0.6) is 0 Å². The van der Waals surface area contributed by atoms with Crippen molar-refractivity contribution in [3.8, 4) is 0 Å². The van der Waals surface area contributed by atoms with Crippen molar-refractivity contribution in [3.05, 3.63) is 42.2 Å². The van der Waals surface area contributed by atoms with Gasteiger partial charge in [-0.3, -0.25) is 0 Å². The number of nitrogen functional groups attached to an aromatic ring is 1. The van der Waals surface area contributed by atoms with Crippen LogP contribution in [0.2, 0.25) is 0 Å². The summed E-state index contributed by atoms with van der Waals surface area (Å²) < 4.78 is 0. The number of aryl methyl sites for hydroxylation is 1. The van der Waals surface area contributed by atoms with Gasteiger partial charge in [0.15, 0.2) is 0 Å². The highest BCUT2D eigenvalue weighted by molar-refractivity contribution is 5.52. The van der Waals surface area contributed by atoms with Gasteiger partial charge in [0.1, 0.15) is 18.0 Å². The monoisotopic (exact) mass is 283 g/mol. The molecule has 0 saturated carbocycles. The average Bonchev–Trinajstić information content (AvgIpc) is 2.48. The highest BCUT2D eigenvalue weighted by atomic mass is 15.3. The van der Waals surface area contributed by atoms with Crippen LogP contribution in [0.3, 0.4) is 0 Å². The van der Waals surface area contributed by atoms with E-state index in [0.29, 0.717) is 11.9 Å². The Hall–Kier alpha value is -2.30. The molecule has 0 spiro atoms. The molecule has 0 amide bonds. The number of anilines is 3. The normalized spacial score (nSPS) is 18.9. The van der Waals surface area contributed by atoms with Crippen LogP contribution in [0.25, 0.3) is 0 Å². The van der Waals surface area contributed by atoms with Gasteiger partial charge in [-0.2, -0.15) is 0 Å². The number of nitrogens with zero attached hydrogens (tertiary/aromatic N) is 4. The third-order valence-electron chi connectivity index (χ3n) is 3.99. The van der Waals surface area contributed by atoms with Gasteiger partial charge >= 0.3 is 0 Å². The summed E-state index contributed by atoms with van der Waals surface area (Å²) in [5.41, 5.74) is 8.33. The van der Waals surface area contributed by atoms with Gasteiger partial charge in [-0.15, -0.1) is 0 Å². The Morgan fingerprint density at radius 2 is 1.90 bits per heavy atom. The van der Waals surface area contributed by atoms with E-state index in [4.69, 9.17) is 5.73 Å². The second-order valence-corrected chi connectivity index (χ2v) is 5.63. The molecule has 1 atom stereocenters. The molecule has 5 heteroatoms. The Balaban J connectivity index is 1.73. The number of benzene rings is 1. The van der Waals surface area contributed by atoms with Crippen LogP contribution in [0.1, 0.15) is 12.5 Å². The fraction of sp³-hybridized carbons (Fsp3) is 0.375. The SMILES string of the molecule is Cc1ccc(N2CCN(c3cc(N)ncn3)C(C)C2)cc1. The number of aromatic nitrogens is 2. The second kappa shape index (κ2) is 5.60. The number of hydrogen-bond donors (Lipinski definition) is 1. The molecule has 1 saturated heterocycles. The first-order valence-corrected chi connectivity index (χ1v) is 7.29. The lowest BCUT2D eigenvalue weighted by molar-refractivity contribution is 0.546. The van der Waals surface area contributed by atoms with Crippen molar-refractivity contribution < 1.29 is 0 Å². The molecule has 0 bridgehead atoms. The van der Waals surface area contributed by atoms with Gasteiger partial charge in [0.2, 0.25) is 0 Å². The van der Waals surface area contributed by atoms with Crippen molar-refractivity contribution in [1.82, 2.24) is 9.97 Å². The van der Waals surface area contributed by atoms with Crippen molar-refractivity contribution in [3.63, 3.8) is 0 Å². The Morgan fingerprint density at radius 3 is 2.57 bits per heavy atom. The van der Waals surface area contributed by atoms with E-state index in [9.17, 15) is 0 Å². The summed E-state index contributed by atoms with van der Waals surface area (Å²) in [6.45, 7) is 7.23. The number of hydrogen-bond acceptors (Lipinski definition) is 5. The Labute approximate surface area is 125 Å². The van der Waals surface area contributed by atoms with Crippen molar-refractivity contribution in [2.45, 2.75) is 19.9 Å². The van der Waals surface area contributed by atoms with E-state index < -0.39 is 0 Å². The number of piperazine rings is 1. The largest absolute Gasteiger partial charge is 0.384 e. The Morgan fingerprint density at radius 1 is 1.14 bits per heavy atom. The lowest BCUT2D eigenvalue weighted by Gasteiger charge is -2.41. The minimum absolute atomic E-state index is 0.384. The van der Waals surface area contributed by atoms with Gasteiger partial charge < -0.3 is 15.5 Å². The fourth-order valence-corrected chi connectivity index (χ4v) is 2.81. The molecule has 2 N–H and O–H groups in total. The smallest absolute Gasteiger partial charge is 0.134 e. The molecule has 0 radical (unpaired) electrons. The van der Waals surface area contributed by atoms with Gasteiger partial charge in [-0.25, -0.2) is 9.97 Å². The average molecular weight is 283 g/mol. The minimum Gasteiger partial charge on any atom is -0.384 e. The summed E-state index contributed by atoms with van der Waals surface area (Å²) in [7, 11) is 0. The van der Waals surface area contributed by atoms with Gasteiger partial charge in [0, 0.05) is 37.4 Å². The summed E-state index contributed by atoms with van der Waals surface area (Å²) in [4.78, 5) is 13.0. The minimum atomic E-state index is 0.384. The maximum atomic E-state index is 5.76.